The average Bonchev–Trinajstić information content (AvgIpc) is 3.38. The highest BCUT2D eigenvalue weighted by Gasteiger charge is 2.32. The van der Waals surface area contributed by atoms with Crippen LogP contribution in [-0.2, 0) is 4.79 Å². The molecule has 1 aliphatic heterocycles. The zero-order valence-corrected chi connectivity index (χ0v) is 20.1. The molecular formula is C22H35IN4O2. The van der Waals surface area contributed by atoms with Crippen molar-refractivity contribution in [2.75, 3.05) is 26.7 Å². The van der Waals surface area contributed by atoms with Crippen molar-refractivity contribution in [2.24, 2.45) is 10.9 Å². The molecule has 1 saturated heterocycles. The molecule has 2 unspecified atom stereocenters. The number of carbonyl (C=O) groups excluding carboxylic acids is 1. The number of halogens is 1. The summed E-state index contributed by atoms with van der Waals surface area (Å²) in [6.07, 6.45) is 5.52. The van der Waals surface area contributed by atoms with E-state index in [9.17, 15) is 4.79 Å². The van der Waals surface area contributed by atoms with Crippen LogP contribution in [0, 0.1) is 12.8 Å². The van der Waals surface area contributed by atoms with Crippen molar-refractivity contribution in [1.29, 1.82) is 0 Å². The first kappa shape index (κ1) is 23.8. The Bertz CT molecular complexity index is 674. The van der Waals surface area contributed by atoms with E-state index in [1.54, 1.807) is 7.05 Å². The van der Waals surface area contributed by atoms with Gasteiger partial charge in [-0.1, -0.05) is 30.5 Å². The minimum Gasteiger partial charge on any atom is -0.489 e. The van der Waals surface area contributed by atoms with Crippen LogP contribution in [0.4, 0.5) is 0 Å². The van der Waals surface area contributed by atoms with Gasteiger partial charge in [0.2, 0.25) is 5.91 Å². The number of aliphatic imine (C=N–C) groups is 1. The highest BCUT2D eigenvalue weighted by Crippen LogP contribution is 2.27. The topological polar surface area (TPSA) is 66.0 Å². The van der Waals surface area contributed by atoms with Gasteiger partial charge < -0.3 is 20.3 Å². The van der Waals surface area contributed by atoms with E-state index in [2.05, 4.69) is 34.7 Å². The molecule has 162 valence electrons. The molecule has 1 amide bonds. The highest BCUT2D eigenvalue weighted by molar-refractivity contribution is 14.0. The molecule has 0 radical (unpaired) electrons. The van der Waals surface area contributed by atoms with Crippen LogP contribution in [0.2, 0.25) is 0 Å². The molecule has 1 aromatic carbocycles. The van der Waals surface area contributed by atoms with Crippen molar-refractivity contribution in [1.82, 2.24) is 15.5 Å². The number of rotatable bonds is 6. The number of guanidine groups is 1. The van der Waals surface area contributed by atoms with E-state index in [1.165, 1.54) is 18.4 Å². The van der Waals surface area contributed by atoms with Gasteiger partial charge in [-0.05, 0) is 45.2 Å². The number of amides is 1. The molecule has 0 aromatic heterocycles. The van der Waals surface area contributed by atoms with E-state index in [0.717, 1.165) is 44.1 Å². The molecule has 6 nitrogen and oxygen atoms in total. The molecule has 1 saturated carbocycles. The Hall–Kier alpha value is -1.51. The van der Waals surface area contributed by atoms with E-state index in [1.807, 2.05) is 24.0 Å². The number of nitrogens with zero attached hydrogens (tertiary/aromatic N) is 2. The predicted octanol–water partition coefficient (Wildman–Crippen LogP) is 3.34. The molecule has 1 aliphatic carbocycles. The quantitative estimate of drug-likeness (QED) is 0.347. The van der Waals surface area contributed by atoms with Crippen LogP contribution in [0.1, 0.15) is 44.6 Å². The van der Waals surface area contributed by atoms with Crippen LogP contribution >= 0.6 is 24.0 Å². The lowest BCUT2D eigenvalue weighted by Crippen LogP contribution is -2.47. The van der Waals surface area contributed by atoms with Crippen molar-refractivity contribution < 1.29 is 9.53 Å². The summed E-state index contributed by atoms with van der Waals surface area (Å²) in [6.45, 7) is 6.38. The molecule has 0 bridgehead atoms. The molecule has 2 N–H and O–H groups in total. The van der Waals surface area contributed by atoms with Crippen molar-refractivity contribution >= 4 is 35.8 Å². The molecular weight excluding hydrogens is 479 g/mol. The van der Waals surface area contributed by atoms with E-state index >= 15 is 0 Å². The number of ether oxygens (including phenoxy) is 1. The number of hydrogen-bond donors (Lipinski definition) is 2. The van der Waals surface area contributed by atoms with Gasteiger partial charge in [-0.3, -0.25) is 9.79 Å². The van der Waals surface area contributed by atoms with Crippen LogP contribution in [0.5, 0.6) is 5.75 Å². The first-order valence-electron chi connectivity index (χ1n) is 10.5. The molecule has 2 fully saturated rings. The first-order valence-corrected chi connectivity index (χ1v) is 10.5. The lowest BCUT2D eigenvalue weighted by atomic mass is 10.1. The second-order valence-electron chi connectivity index (χ2n) is 8.09. The van der Waals surface area contributed by atoms with Crippen LogP contribution in [0.3, 0.4) is 0 Å². The maximum atomic E-state index is 12.6. The first-order chi connectivity index (χ1) is 13.5. The summed E-state index contributed by atoms with van der Waals surface area (Å²) in [5.41, 5.74) is 1.22. The molecule has 1 heterocycles. The number of hydrogen-bond acceptors (Lipinski definition) is 3. The summed E-state index contributed by atoms with van der Waals surface area (Å²) in [4.78, 5) is 19.0. The van der Waals surface area contributed by atoms with Gasteiger partial charge in [0, 0.05) is 32.1 Å². The lowest BCUT2D eigenvalue weighted by molar-refractivity contribution is -0.134. The third kappa shape index (κ3) is 7.04. The van der Waals surface area contributed by atoms with Crippen molar-refractivity contribution in [3.63, 3.8) is 0 Å². The maximum absolute atomic E-state index is 12.6. The van der Waals surface area contributed by atoms with Crippen LogP contribution in [0.25, 0.3) is 0 Å². The van der Waals surface area contributed by atoms with Gasteiger partial charge in [-0.15, -0.1) is 24.0 Å². The average molecular weight is 514 g/mol. The fraction of sp³-hybridized carbons (Fsp3) is 0.636. The summed E-state index contributed by atoms with van der Waals surface area (Å²) >= 11 is 0. The van der Waals surface area contributed by atoms with E-state index < -0.39 is 0 Å². The van der Waals surface area contributed by atoms with Crippen LogP contribution in [-0.4, -0.2) is 55.6 Å². The Labute approximate surface area is 191 Å². The number of carbonyl (C=O) groups is 1. The highest BCUT2D eigenvalue weighted by atomic mass is 127. The number of benzene rings is 1. The van der Waals surface area contributed by atoms with Gasteiger partial charge in [0.05, 0.1) is 6.54 Å². The fourth-order valence-corrected chi connectivity index (χ4v) is 4.03. The number of nitrogens with one attached hydrogen (secondary N) is 2. The van der Waals surface area contributed by atoms with Gasteiger partial charge in [0.1, 0.15) is 11.9 Å². The summed E-state index contributed by atoms with van der Waals surface area (Å²) in [6, 6.07) is 8.34. The van der Waals surface area contributed by atoms with Crippen molar-refractivity contribution in [3.8, 4) is 5.75 Å². The molecule has 2 atom stereocenters. The van der Waals surface area contributed by atoms with E-state index in [-0.39, 0.29) is 42.0 Å². The molecule has 2 aliphatic rings. The maximum Gasteiger partial charge on any atom is 0.225 e. The molecule has 1 aromatic rings. The van der Waals surface area contributed by atoms with Gasteiger partial charge in [0.15, 0.2) is 5.96 Å². The Kier molecular flexibility index (Phi) is 9.52. The summed E-state index contributed by atoms with van der Waals surface area (Å²) in [5, 5.41) is 6.79. The van der Waals surface area contributed by atoms with E-state index in [0.29, 0.717) is 12.5 Å². The van der Waals surface area contributed by atoms with Gasteiger partial charge >= 0.3 is 0 Å². The summed E-state index contributed by atoms with van der Waals surface area (Å²) < 4.78 is 5.94. The second-order valence-corrected chi connectivity index (χ2v) is 8.09. The molecule has 3 rings (SSSR count). The minimum absolute atomic E-state index is 0. The Morgan fingerprint density at radius 2 is 1.93 bits per heavy atom. The fourth-order valence-electron chi connectivity index (χ4n) is 4.03. The molecule has 7 heteroatoms. The predicted molar refractivity (Wildman–Crippen MR) is 128 cm³/mol. The SMILES string of the molecule is CN=C(NCC(C)Oc1ccc(C)cc1)NC1CCN(C(=O)C2CCCC2)C1.I. The Morgan fingerprint density at radius 1 is 1.24 bits per heavy atom. The zero-order chi connectivity index (χ0) is 19.9. The minimum atomic E-state index is 0. The lowest BCUT2D eigenvalue weighted by Gasteiger charge is -2.22. The van der Waals surface area contributed by atoms with Crippen LogP contribution in [0.15, 0.2) is 29.3 Å². The normalized spacial score (nSPS) is 20.9. The second kappa shape index (κ2) is 11.6. The van der Waals surface area contributed by atoms with Crippen molar-refractivity contribution in [3.05, 3.63) is 29.8 Å². The zero-order valence-electron chi connectivity index (χ0n) is 17.8. The van der Waals surface area contributed by atoms with E-state index in [4.69, 9.17) is 4.74 Å². The molecule has 0 spiro atoms. The largest absolute Gasteiger partial charge is 0.489 e. The van der Waals surface area contributed by atoms with Crippen molar-refractivity contribution in [2.45, 2.75) is 58.1 Å². The monoisotopic (exact) mass is 514 g/mol. The molecule has 29 heavy (non-hydrogen) atoms. The van der Waals surface area contributed by atoms with Crippen LogP contribution < -0.4 is 15.4 Å². The third-order valence-corrected chi connectivity index (χ3v) is 5.68. The Balaban J connectivity index is 0.00000300. The number of aryl methyl sites for hydroxylation is 1. The summed E-state index contributed by atoms with van der Waals surface area (Å²) in [7, 11) is 1.78. The van der Waals surface area contributed by atoms with Gasteiger partial charge in [-0.25, -0.2) is 0 Å². The standard InChI is InChI=1S/C22H34N4O2.HI/c1-16-8-10-20(11-9-16)28-17(2)14-24-22(23-3)25-19-12-13-26(15-19)21(27)18-6-4-5-7-18;/h8-11,17-19H,4-7,12-15H2,1-3H3,(H2,23,24,25);1H. The van der Waals surface area contributed by atoms with Gasteiger partial charge in [0.25, 0.3) is 0 Å². The summed E-state index contributed by atoms with van der Waals surface area (Å²) in [5.74, 6) is 2.25. The smallest absolute Gasteiger partial charge is 0.225 e. The van der Waals surface area contributed by atoms with Gasteiger partial charge in [-0.2, -0.15) is 0 Å². The Morgan fingerprint density at radius 3 is 2.59 bits per heavy atom. The third-order valence-electron chi connectivity index (χ3n) is 5.68. The number of likely N-dealkylation sites (tertiary alicyclic amines) is 1.